The summed E-state index contributed by atoms with van der Waals surface area (Å²) in [5.41, 5.74) is 3.04. The van der Waals surface area contributed by atoms with Gasteiger partial charge in [-0.15, -0.1) is 13.2 Å². The zero-order valence-corrected chi connectivity index (χ0v) is 24.2. The minimum atomic E-state index is -4.89. The van der Waals surface area contributed by atoms with Crippen LogP contribution in [0, 0.1) is 0 Å². The quantitative estimate of drug-likeness (QED) is 0.168. The van der Waals surface area contributed by atoms with Gasteiger partial charge in [-0.1, -0.05) is 42.5 Å². The number of carboxylic acids is 1. The Kier molecular flexibility index (Phi) is 8.82. The molecule has 0 saturated carbocycles. The third kappa shape index (κ3) is 8.00. The highest BCUT2D eigenvalue weighted by Gasteiger charge is 2.31. The molecule has 1 atom stereocenters. The Morgan fingerprint density at radius 2 is 1.56 bits per heavy atom. The van der Waals surface area contributed by atoms with Crippen LogP contribution in [-0.2, 0) is 27.8 Å². The highest BCUT2D eigenvalue weighted by atomic mass is 32.2. The summed E-state index contributed by atoms with van der Waals surface area (Å²) < 4.78 is 70.9. The third-order valence-corrected chi connectivity index (χ3v) is 8.24. The van der Waals surface area contributed by atoms with E-state index in [1.807, 2.05) is 16.8 Å². The fraction of sp³-hybridized carbons (Fsp3) is 0.125. The molecule has 0 fully saturated rings. The number of amides is 1. The second-order valence-corrected chi connectivity index (χ2v) is 11.8. The molecule has 0 saturated heterocycles. The number of alkyl halides is 3. The maximum atomic E-state index is 12.8. The van der Waals surface area contributed by atoms with Gasteiger partial charge in [-0.05, 0) is 71.8 Å². The van der Waals surface area contributed by atoms with E-state index in [0.717, 1.165) is 46.3 Å². The van der Waals surface area contributed by atoms with Crippen LogP contribution in [0.1, 0.15) is 21.5 Å². The summed E-state index contributed by atoms with van der Waals surface area (Å²) in [7, 11) is -4.08. The van der Waals surface area contributed by atoms with Gasteiger partial charge in [0.25, 0.3) is 15.9 Å². The van der Waals surface area contributed by atoms with E-state index in [4.69, 9.17) is 0 Å². The van der Waals surface area contributed by atoms with Gasteiger partial charge >= 0.3 is 12.3 Å². The number of nitrogens with one attached hydrogen (secondary N) is 2. The Hall–Kier alpha value is -5.30. The van der Waals surface area contributed by atoms with E-state index in [1.165, 1.54) is 0 Å². The lowest BCUT2D eigenvalue weighted by atomic mass is 10.1. The number of carboxylic acid groups (broad SMARTS) is 1. The topological polar surface area (TPSA) is 127 Å². The fourth-order valence-corrected chi connectivity index (χ4v) is 5.74. The number of fused-ring (bicyclic) bond motifs is 1. The van der Waals surface area contributed by atoms with Crippen molar-refractivity contribution in [3.63, 3.8) is 0 Å². The van der Waals surface area contributed by atoms with Crippen LogP contribution < -0.4 is 14.8 Å². The van der Waals surface area contributed by atoms with Crippen molar-refractivity contribution in [2.24, 2.45) is 0 Å². The molecule has 0 aliphatic heterocycles. The Morgan fingerprint density at radius 1 is 0.867 bits per heavy atom. The number of carbonyl (C=O) groups excluding carboxylic acids is 1. The number of aliphatic carboxylic acids is 1. The average molecular weight is 638 g/mol. The monoisotopic (exact) mass is 637 g/mol. The summed E-state index contributed by atoms with van der Waals surface area (Å²) in [5.74, 6) is -2.17. The van der Waals surface area contributed by atoms with Crippen molar-refractivity contribution in [2.75, 3.05) is 4.72 Å². The maximum Gasteiger partial charge on any atom is 0.573 e. The Bertz CT molecular complexity index is 1930. The van der Waals surface area contributed by atoms with Crippen molar-refractivity contribution in [1.82, 2.24) is 9.88 Å². The van der Waals surface area contributed by atoms with E-state index < -0.39 is 40.1 Å². The molecule has 4 aromatic carbocycles. The molecule has 13 heteroatoms. The number of halogens is 3. The molecule has 232 valence electrons. The number of benzene rings is 4. The summed E-state index contributed by atoms with van der Waals surface area (Å²) in [6.45, 7) is 0.439. The van der Waals surface area contributed by atoms with E-state index in [0.29, 0.717) is 12.1 Å². The number of ether oxygens (including phenoxy) is 1. The molecule has 9 nitrogen and oxygen atoms in total. The smallest absolute Gasteiger partial charge is 0.480 e. The number of hydrogen-bond acceptors (Lipinski definition) is 5. The van der Waals surface area contributed by atoms with Gasteiger partial charge in [0.2, 0.25) is 0 Å². The van der Waals surface area contributed by atoms with Crippen molar-refractivity contribution < 1.29 is 41.0 Å². The van der Waals surface area contributed by atoms with Gasteiger partial charge in [0.1, 0.15) is 11.8 Å². The van der Waals surface area contributed by atoms with Crippen molar-refractivity contribution in [1.29, 1.82) is 0 Å². The van der Waals surface area contributed by atoms with Gasteiger partial charge in [0.15, 0.2) is 0 Å². The van der Waals surface area contributed by atoms with Gasteiger partial charge in [0, 0.05) is 41.3 Å². The molecule has 5 rings (SSSR count). The molecule has 0 aliphatic carbocycles. The highest BCUT2D eigenvalue weighted by Crippen LogP contribution is 2.26. The molecular formula is C32H26F3N3O6S. The third-order valence-electron chi connectivity index (χ3n) is 6.85. The van der Waals surface area contributed by atoms with Crippen molar-refractivity contribution in [3.8, 4) is 5.75 Å². The lowest BCUT2D eigenvalue weighted by Gasteiger charge is -2.15. The summed E-state index contributed by atoms with van der Waals surface area (Å²) in [6, 6.07) is 25.3. The molecule has 0 spiro atoms. The zero-order chi connectivity index (χ0) is 32.2. The molecule has 0 aliphatic rings. The maximum absolute atomic E-state index is 12.8. The summed E-state index contributed by atoms with van der Waals surface area (Å²) in [5, 5.41) is 12.9. The molecule has 0 bridgehead atoms. The first-order valence-corrected chi connectivity index (χ1v) is 15.0. The number of carbonyl (C=O) groups is 2. The number of aromatic nitrogens is 1. The van der Waals surface area contributed by atoms with Gasteiger partial charge in [-0.25, -0.2) is 13.2 Å². The first kappa shape index (κ1) is 31.1. The van der Waals surface area contributed by atoms with Crippen LogP contribution in [0.5, 0.6) is 5.75 Å². The van der Waals surface area contributed by atoms with Crippen LogP contribution in [0.25, 0.3) is 10.9 Å². The normalized spacial score (nSPS) is 12.4. The molecule has 1 amide bonds. The second kappa shape index (κ2) is 12.7. The van der Waals surface area contributed by atoms with Gasteiger partial charge in [-0.2, -0.15) is 0 Å². The Morgan fingerprint density at radius 3 is 2.20 bits per heavy atom. The lowest BCUT2D eigenvalue weighted by molar-refractivity contribution is -0.274. The van der Waals surface area contributed by atoms with Crippen LogP contribution >= 0.6 is 0 Å². The SMILES string of the molecule is O=C(N[C@@H](Cc1ccccc1)C(=O)O)c1ccc(Cn2ccc3cc(NS(=O)(=O)c4ccc(OC(F)(F)F)cc4)ccc32)cc1. The minimum Gasteiger partial charge on any atom is -0.480 e. The number of hydrogen-bond donors (Lipinski definition) is 3. The predicted octanol–water partition coefficient (Wildman–Crippen LogP) is 5.81. The molecular weight excluding hydrogens is 611 g/mol. The zero-order valence-electron chi connectivity index (χ0n) is 23.4. The molecule has 0 unspecified atom stereocenters. The van der Waals surface area contributed by atoms with Crippen molar-refractivity contribution in [3.05, 3.63) is 126 Å². The predicted molar refractivity (Wildman–Crippen MR) is 160 cm³/mol. The number of rotatable bonds is 11. The van der Waals surface area contributed by atoms with Crippen molar-refractivity contribution >= 4 is 38.5 Å². The fourth-order valence-electron chi connectivity index (χ4n) is 4.69. The first-order valence-electron chi connectivity index (χ1n) is 13.5. The van der Waals surface area contributed by atoms with E-state index in [-0.39, 0.29) is 17.0 Å². The molecule has 3 N–H and O–H groups in total. The van der Waals surface area contributed by atoms with E-state index in [1.54, 1.807) is 72.8 Å². The number of nitrogens with zero attached hydrogens (tertiary/aromatic N) is 1. The van der Waals surface area contributed by atoms with Crippen molar-refractivity contribution in [2.45, 2.75) is 30.3 Å². The van der Waals surface area contributed by atoms with Crippen LogP contribution in [0.4, 0.5) is 18.9 Å². The highest BCUT2D eigenvalue weighted by molar-refractivity contribution is 7.92. The van der Waals surface area contributed by atoms with Crippen LogP contribution in [-0.4, -0.2) is 42.4 Å². The summed E-state index contributed by atoms with van der Waals surface area (Å²) in [4.78, 5) is 24.3. The first-order chi connectivity index (χ1) is 21.4. The second-order valence-electron chi connectivity index (χ2n) is 10.1. The Balaban J connectivity index is 1.23. The van der Waals surface area contributed by atoms with E-state index >= 15 is 0 Å². The lowest BCUT2D eigenvalue weighted by Crippen LogP contribution is -2.42. The van der Waals surface area contributed by atoms with Crippen LogP contribution in [0.2, 0.25) is 0 Å². The number of sulfonamides is 1. The molecule has 45 heavy (non-hydrogen) atoms. The van der Waals surface area contributed by atoms with Crippen LogP contribution in [0.3, 0.4) is 0 Å². The van der Waals surface area contributed by atoms with Gasteiger partial charge in [0.05, 0.1) is 4.90 Å². The van der Waals surface area contributed by atoms with Gasteiger partial charge < -0.3 is 19.7 Å². The minimum absolute atomic E-state index is 0.151. The molecule has 5 aromatic rings. The summed E-state index contributed by atoms with van der Waals surface area (Å²) >= 11 is 0. The molecule has 0 radical (unpaired) electrons. The van der Waals surface area contributed by atoms with Gasteiger partial charge in [-0.3, -0.25) is 9.52 Å². The largest absolute Gasteiger partial charge is 0.573 e. The molecule has 1 heterocycles. The molecule has 1 aromatic heterocycles. The van der Waals surface area contributed by atoms with E-state index in [2.05, 4.69) is 14.8 Å². The standard InChI is InChI=1S/C32H26F3N3O6S/c33-32(34,35)44-26-11-13-27(14-12-26)45(42,43)37-25-10-15-29-24(19-25)16-17-38(29)20-22-6-8-23(9-7-22)30(39)36-28(31(40)41)18-21-4-2-1-3-5-21/h1-17,19,28,37H,18,20H2,(H,36,39)(H,40,41)/t28-/m0/s1. The van der Waals surface area contributed by atoms with Crippen LogP contribution in [0.15, 0.2) is 114 Å². The number of anilines is 1. The average Bonchev–Trinajstić information content (AvgIpc) is 3.38. The Labute approximate surface area is 255 Å². The summed E-state index contributed by atoms with van der Waals surface area (Å²) in [6.07, 6.45) is -2.91. The van der Waals surface area contributed by atoms with E-state index in [9.17, 15) is 36.3 Å².